The molecule has 0 atom stereocenters. The number of pyridine rings is 1. The lowest BCUT2D eigenvalue weighted by molar-refractivity contribution is 0.647. The fourth-order valence-corrected chi connectivity index (χ4v) is 2.88. The third-order valence-electron chi connectivity index (χ3n) is 4.10. The molecule has 7 heteroatoms. The van der Waals surface area contributed by atoms with E-state index in [-0.39, 0.29) is 0 Å². The largest absolute Gasteiger partial charge is 0.367 e. The molecule has 0 aliphatic carbocycles. The zero-order valence-electron chi connectivity index (χ0n) is 12.5. The van der Waals surface area contributed by atoms with Crippen LogP contribution in [0.15, 0.2) is 43.1 Å². The number of piperazine rings is 1. The van der Waals surface area contributed by atoms with Gasteiger partial charge in [0.25, 0.3) is 0 Å². The van der Waals surface area contributed by atoms with E-state index in [0.29, 0.717) is 5.69 Å². The zero-order chi connectivity index (χ0) is 15.6. The SMILES string of the molecule is N#Cc1ccc(N2CCN(c3nccn4ccnc34)CC2)cn1. The van der Waals surface area contributed by atoms with Gasteiger partial charge in [-0.2, -0.15) is 5.26 Å². The van der Waals surface area contributed by atoms with Gasteiger partial charge in [-0.05, 0) is 12.1 Å². The highest BCUT2D eigenvalue weighted by Gasteiger charge is 2.20. The molecule has 3 aromatic rings. The Hall–Kier alpha value is -3.14. The summed E-state index contributed by atoms with van der Waals surface area (Å²) in [7, 11) is 0. The summed E-state index contributed by atoms with van der Waals surface area (Å²) < 4.78 is 1.99. The molecule has 23 heavy (non-hydrogen) atoms. The lowest BCUT2D eigenvalue weighted by Crippen LogP contribution is -2.47. The Balaban J connectivity index is 1.50. The number of imidazole rings is 1. The van der Waals surface area contributed by atoms with Crippen molar-refractivity contribution in [2.45, 2.75) is 0 Å². The van der Waals surface area contributed by atoms with Gasteiger partial charge in [0.05, 0.1) is 11.9 Å². The van der Waals surface area contributed by atoms with Crippen molar-refractivity contribution in [2.24, 2.45) is 0 Å². The van der Waals surface area contributed by atoms with E-state index in [1.807, 2.05) is 28.9 Å². The molecule has 4 rings (SSSR count). The Labute approximate surface area is 133 Å². The second-order valence-electron chi connectivity index (χ2n) is 5.40. The molecule has 0 bridgehead atoms. The molecule has 1 aliphatic heterocycles. The van der Waals surface area contributed by atoms with Crippen molar-refractivity contribution in [2.75, 3.05) is 36.0 Å². The highest BCUT2D eigenvalue weighted by atomic mass is 15.3. The van der Waals surface area contributed by atoms with E-state index in [0.717, 1.165) is 43.3 Å². The monoisotopic (exact) mass is 305 g/mol. The molecule has 0 radical (unpaired) electrons. The third kappa shape index (κ3) is 2.44. The van der Waals surface area contributed by atoms with Crippen LogP contribution in [0.5, 0.6) is 0 Å². The molecule has 0 spiro atoms. The number of nitrogens with zero attached hydrogens (tertiary/aromatic N) is 7. The molecule has 0 unspecified atom stereocenters. The molecule has 1 saturated heterocycles. The van der Waals surface area contributed by atoms with Gasteiger partial charge in [0.2, 0.25) is 0 Å². The Morgan fingerprint density at radius 3 is 2.35 bits per heavy atom. The molecular formula is C16H15N7. The van der Waals surface area contributed by atoms with Crippen molar-refractivity contribution >= 4 is 17.2 Å². The molecule has 0 amide bonds. The van der Waals surface area contributed by atoms with E-state index < -0.39 is 0 Å². The molecule has 1 aliphatic rings. The van der Waals surface area contributed by atoms with Crippen LogP contribution in [-0.2, 0) is 0 Å². The second-order valence-corrected chi connectivity index (χ2v) is 5.40. The normalized spacial score (nSPS) is 14.9. The molecule has 114 valence electrons. The smallest absolute Gasteiger partial charge is 0.180 e. The van der Waals surface area contributed by atoms with Gasteiger partial charge in [-0.1, -0.05) is 0 Å². The van der Waals surface area contributed by atoms with Gasteiger partial charge >= 0.3 is 0 Å². The number of nitriles is 1. The average molecular weight is 305 g/mol. The summed E-state index contributed by atoms with van der Waals surface area (Å²) in [5, 5.41) is 8.82. The van der Waals surface area contributed by atoms with Crippen LogP contribution >= 0.6 is 0 Å². The minimum Gasteiger partial charge on any atom is -0.367 e. The van der Waals surface area contributed by atoms with Gasteiger partial charge in [0.1, 0.15) is 11.8 Å². The van der Waals surface area contributed by atoms with Gasteiger partial charge in [0.15, 0.2) is 11.5 Å². The first-order chi connectivity index (χ1) is 11.3. The molecule has 1 fully saturated rings. The molecule has 7 nitrogen and oxygen atoms in total. The van der Waals surface area contributed by atoms with Crippen molar-refractivity contribution in [1.82, 2.24) is 19.4 Å². The first-order valence-electron chi connectivity index (χ1n) is 7.49. The van der Waals surface area contributed by atoms with Gasteiger partial charge in [0, 0.05) is 51.0 Å². The third-order valence-corrected chi connectivity index (χ3v) is 4.10. The summed E-state index contributed by atoms with van der Waals surface area (Å²) in [6.07, 6.45) is 9.20. The maximum absolute atomic E-state index is 8.82. The predicted molar refractivity (Wildman–Crippen MR) is 86.4 cm³/mol. The molecule has 3 aromatic heterocycles. The van der Waals surface area contributed by atoms with E-state index in [2.05, 4.69) is 24.8 Å². The quantitative estimate of drug-likeness (QED) is 0.711. The fourth-order valence-electron chi connectivity index (χ4n) is 2.88. The molecule has 0 saturated carbocycles. The number of anilines is 2. The number of hydrogen-bond acceptors (Lipinski definition) is 6. The molecule has 0 N–H and O–H groups in total. The number of aromatic nitrogens is 4. The highest BCUT2D eigenvalue weighted by Crippen LogP contribution is 2.21. The minimum atomic E-state index is 0.447. The van der Waals surface area contributed by atoms with Gasteiger partial charge in [-0.15, -0.1) is 0 Å². The summed E-state index contributed by atoms with van der Waals surface area (Å²) in [6.45, 7) is 3.52. The standard InChI is InChI=1S/C16H15N7/c17-11-13-1-2-14(12-20-13)21-7-9-23(10-8-21)16-15-18-3-5-22(15)6-4-19-16/h1-6,12H,7-10H2. The van der Waals surface area contributed by atoms with Crippen LogP contribution in [0.4, 0.5) is 11.5 Å². The van der Waals surface area contributed by atoms with Crippen molar-refractivity contribution in [3.8, 4) is 6.07 Å². The summed E-state index contributed by atoms with van der Waals surface area (Å²) in [5.41, 5.74) is 2.39. The maximum atomic E-state index is 8.82. The maximum Gasteiger partial charge on any atom is 0.180 e. The van der Waals surface area contributed by atoms with Crippen LogP contribution < -0.4 is 9.80 Å². The van der Waals surface area contributed by atoms with Gasteiger partial charge in [-0.25, -0.2) is 15.0 Å². The van der Waals surface area contributed by atoms with E-state index in [1.54, 1.807) is 24.7 Å². The lowest BCUT2D eigenvalue weighted by atomic mass is 10.2. The summed E-state index contributed by atoms with van der Waals surface area (Å²) >= 11 is 0. The summed E-state index contributed by atoms with van der Waals surface area (Å²) in [5.74, 6) is 0.926. The van der Waals surface area contributed by atoms with Crippen molar-refractivity contribution in [3.05, 3.63) is 48.8 Å². The van der Waals surface area contributed by atoms with E-state index in [4.69, 9.17) is 5.26 Å². The zero-order valence-corrected chi connectivity index (χ0v) is 12.5. The number of rotatable bonds is 2. The average Bonchev–Trinajstić information content (AvgIpc) is 3.11. The molecule has 0 aromatic carbocycles. The number of hydrogen-bond donors (Lipinski definition) is 0. The van der Waals surface area contributed by atoms with Crippen LogP contribution in [0.2, 0.25) is 0 Å². The first-order valence-corrected chi connectivity index (χ1v) is 7.49. The number of fused-ring (bicyclic) bond motifs is 1. The summed E-state index contributed by atoms with van der Waals surface area (Å²) in [4.78, 5) is 17.6. The van der Waals surface area contributed by atoms with Crippen LogP contribution in [0.25, 0.3) is 5.65 Å². The van der Waals surface area contributed by atoms with Gasteiger partial charge < -0.3 is 14.2 Å². The van der Waals surface area contributed by atoms with Crippen molar-refractivity contribution in [1.29, 1.82) is 5.26 Å². The van der Waals surface area contributed by atoms with E-state index in [9.17, 15) is 0 Å². The van der Waals surface area contributed by atoms with Crippen LogP contribution in [0.3, 0.4) is 0 Å². The Bertz CT molecular complexity index is 854. The summed E-state index contributed by atoms with van der Waals surface area (Å²) in [6, 6.07) is 5.76. The predicted octanol–water partition coefficient (Wildman–Crippen LogP) is 1.32. The Morgan fingerprint density at radius 1 is 0.913 bits per heavy atom. The topological polar surface area (TPSA) is 73.4 Å². The van der Waals surface area contributed by atoms with Crippen LogP contribution in [0.1, 0.15) is 5.69 Å². The van der Waals surface area contributed by atoms with E-state index in [1.165, 1.54) is 0 Å². The Morgan fingerprint density at radius 2 is 1.65 bits per heavy atom. The highest BCUT2D eigenvalue weighted by molar-refractivity contribution is 5.64. The molecule has 4 heterocycles. The minimum absolute atomic E-state index is 0.447. The van der Waals surface area contributed by atoms with Gasteiger partial charge in [-0.3, -0.25) is 0 Å². The van der Waals surface area contributed by atoms with Crippen LogP contribution in [-0.4, -0.2) is 45.5 Å². The molecular weight excluding hydrogens is 290 g/mol. The second kappa shape index (κ2) is 5.57. The fraction of sp³-hybridized carbons (Fsp3) is 0.250. The lowest BCUT2D eigenvalue weighted by Gasteiger charge is -2.36. The van der Waals surface area contributed by atoms with Crippen molar-refractivity contribution < 1.29 is 0 Å². The Kier molecular flexibility index (Phi) is 3.27. The van der Waals surface area contributed by atoms with Crippen LogP contribution in [0, 0.1) is 11.3 Å². The first kappa shape index (κ1) is 13.5. The van der Waals surface area contributed by atoms with E-state index >= 15 is 0 Å². The van der Waals surface area contributed by atoms with Crippen molar-refractivity contribution in [3.63, 3.8) is 0 Å².